The summed E-state index contributed by atoms with van der Waals surface area (Å²) in [6.07, 6.45) is 2.44. The SMILES string of the molecule is OC(c1cn2ccccc2n1)c1cccc(Br)c1F. The summed E-state index contributed by atoms with van der Waals surface area (Å²) in [7, 11) is 0. The number of aliphatic hydroxyl groups is 1. The van der Waals surface area contributed by atoms with Crippen LogP contribution in [-0.2, 0) is 0 Å². The highest BCUT2D eigenvalue weighted by molar-refractivity contribution is 9.10. The van der Waals surface area contributed by atoms with Crippen LogP contribution in [0.25, 0.3) is 5.65 Å². The number of rotatable bonds is 2. The zero-order valence-corrected chi connectivity index (χ0v) is 11.4. The van der Waals surface area contributed by atoms with Gasteiger partial charge in [-0.05, 0) is 34.1 Å². The van der Waals surface area contributed by atoms with Gasteiger partial charge >= 0.3 is 0 Å². The van der Waals surface area contributed by atoms with Gasteiger partial charge in [0.15, 0.2) is 0 Å². The number of halogens is 2. The van der Waals surface area contributed by atoms with E-state index in [0.717, 1.165) is 0 Å². The van der Waals surface area contributed by atoms with Gasteiger partial charge < -0.3 is 9.51 Å². The Bertz CT molecular complexity index is 708. The van der Waals surface area contributed by atoms with Gasteiger partial charge in [-0.2, -0.15) is 0 Å². The van der Waals surface area contributed by atoms with Crippen LogP contribution in [0.3, 0.4) is 0 Å². The maximum atomic E-state index is 14.0. The molecule has 0 amide bonds. The number of nitrogens with zero attached hydrogens (tertiary/aromatic N) is 2. The van der Waals surface area contributed by atoms with Crippen molar-refractivity contribution >= 4 is 21.6 Å². The fourth-order valence-electron chi connectivity index (χ4n) is 1.98. The van der Waals surface area contributed by atoms with Crippen LogP contribution >= 0.6 is 15.9 Å². The fraction of sp³-hybridized carbons (Fsp3) is 0.0714. The van der Waals surface area contributed by atoms with Gasteiger partial charge in [0.2, 0.25) is 0 Å². The molecule has 96 valence electrons. The Morgan fingerprint density at radius 2 is 2.05 bits per heavy atom. The standard InChI is InChI=1S/C14H10BrFN2O/c15-10-5-3-4-9(13(10)16)14(19)11-8-18-7-2-1-6-12(18)17-11/h1-8,14,19H. The molecule has 2 heterocycles. The molecule has 5 heteroatoms. The van der Waals surface area contributed by atoms with E-state index < -0.39 is 11.9 Å². The topological polar surface area (TPSA) is 37.5 Å². The molecule has 2 aromatic heterocycles. The van der Waals surface area contributed by atoms with Gasteiger partial charge in [0.05, 0.1) is 10.2 Å². The second kappa shape index (κ2) is 4.75. The highest BCUT2D eigenvalue weighted by Gasteiger charge is 2.19. The first-order chi connectivity index (χ1) is 9.16. The molecule has 0 aliphatic carbocycles. The van der Waals surface area contributed by atoms with Crippen LogP contribution in [-0.4, -0.2) is 14.5 Å². The van der Waals surface area contributed by atoms with Crippen LogP contribution in [0.4, 0.5) is 4.39 Å². The van der Waals surface area contributed by atoms with Gasteiger partial charge in [-0.3, -0.25) is 0 Å². The highest BCUT2D eigenvalue weighted by Crippen LogP contribution is 2.27. The van der Waals surface area contributed by atoms with Crippen LogP contribution < -0.4 is 0 Å². The van der Waals surface area contributed by atoms with Crippen LogP contribution in [0, 0.1) is 5.82 Å². The van der Waals surface area contributed by atoms with Crippen molar-refractivity contribution in [2.45, 2.75) is 6.10 Å². The third-order valence-electron chi connectivity index (χ3n) is 2.94. The third kappa shape index (κ3) is 2.15. The normalized spacial score (nSPS) is 12.8. The van der Waals surface area contributed by atoms with Gasteiger partial charge in [-0.1, -0.05) is 18.2 Å². The van der Waals surface area contributed by atoms with E-state index in [1.807, 2.05) is 24.4 Å². The Balaban J connectivity index is 2.08. The maximum absolute atomic E-state index is 14.0. The molecule has 3 aromatic rings. The molecule has 0 radical (unpaired) electrons. The van der Waals surface area contributed by atoms with E-state index in [1.165, 1.54) is 0 Å². The Morgan fingerprint density at radius 3 is 2.84 bits per heavy atom. The van der Waals surface area contributed by atoms with Crippen LogP contribution in [0.1, 0.15) is 17.4 Å². The molecule has 1 N–H and O–H groups in total. The summed E-state index contributed by atoms with van der Waals surface area (Å²) >= 11 is 3.11. The summed E-state index contributed by atoms with van der Waals surface area (Å²) in [4.78, 5) is 4.29. The average Bonchev–Trinajstić information content (AvgIpc) is 2.85. The number of pyridine rings is 1. The predicted molar refractivity (Wildman–Crippen MR) is 73.4 cm³/mol. The lowest BCUT2D eigenvalue weighted by Gasteiger charge is -2.09. The minimum Gasteiger partial charge on any atom is -0.382 e. The number of aliphatic hydroxyl groups excluding tert-OH is 1. The second-order valence-corrected chi connectivity index (χ2v) is 5.03. The smallest absolute Gasteiger partial charge is 0.143 e. The number of hydrogen-bond acceptors (Lipinski definition) is 2. The number of hydrogen-bond donors (Lipinski definition) is 1. The molecule has 1 aromatic carbocycles. The molecule has 0 fully saturated rings. The monoisotopic (exact) mass is 320 g/mol. The Morgan fingerprint density at radius 1 is 1.21 bits per heavy atom. The minimum atomic E-state index is -1.09. The summed E-state index contributed by atoms with van der Waals surface area (Å²) in [6.45, 7) is 0. The van der Waals surface area contributed by atoms with Gasteiger partial charge in [0, 0.05) is 18.0 Å². The molecule has 1 unspecified atom stereocenters. The molecular weight excluding hydrogens is 311 g/mol. The van der Waals surface area contributed by atoms with Gasteiger partial charge in [0.25, 0.3) is 0 Å². The molecule has 19 heavy (non-hydrogen) atoms. The molecule has 3 rings (SSSR count). The van der Waals surface area contributed by atoms with Crippen molar-refractivity contribution in [3.63, 3.8) is 0 Å². The zero-order valence-electron chi connectivity index (χ0n) is 9.79. The van der Waals surface area contributed by atoms with Gasteiger partial charge in [0.1, 0.15) is 17.6 Å². The Labute approximate surface area is 117 Å². The van der Waals surface area contributed by atoms with E-state index in [0.29, 0.717) is 15.8 Å². The number of benzene rings is 1. The van der Waals surface area contributed by atoms with Crippen molar-refractivity contribution in [3.8, 4) is 0 Å². The predicted octanol–water partition coefficient (Wildman–Crippen LogP) is 3.32. The molecule has 0 saturated carbocycles. The van der Waals surface area contributed by atoms with Crippen molar-refractivity contribution < 1.29 is 9.50 Å². The summed E-state index contributed by atoms with van der Waals surface area (Å²) < 4.78 is 16.1. The zero-order chi connectivity index (χ0) is 13.4. The first-order valence-corrected chi connectivity index (χ1v) is 6.52. The fourth-order valence-corrected chi connectivity index (χ4v) is 2.36. The summed E-state index contributed by atoms with van der Waals surface area (Å²) in [5.74, 6) is -0.466. The summed E-state index contributed by atoms with van der Waals surface area (Å²) in [5.41, 5.74) is 1.34. The highest BCUT2D eigenvalue weighted by atomic mass is 79.9. The van der Waals surface area contributed by atoms with E-state index in [2.05, 4.69) is 20.9 Å². The van der Waals surface area contributed by atoms with E-state index >= 15 is 0 Å². The van der Waals surface area contributed by atoms with Crippen molar-refractivity contribution in [3.05, 3.63) is 70.3 Å². The largest absolute Gasteiger partial charge is 0.382 e. The first kappa shape index (κ1) is 12.3. The van der Waals surface area contributed by atoms with Crippen molar-refractivity contribution in [1.82, 2.24) is 9.38 Å². The van der Waals surface area contributed by atoms with E-state index in [-0.39, 0.29) is 5.56 Å². The lowest BCUT2D eigenvalue weighted by atomic mass is 10.1. The van der Waals surface area contributed by atoms with Gasteiger partial charge in [-0.25, -0.2) is 9.37 Å². The van der Waals surface area contributed by atoms with E-state index in [4.69, 9.17) is 0 Å². The van der Waals surface area contributed by atoms with Crippen molar-refractivity contribution in [1.29, 1.82) is 0 Å². The van der Waals surface area contributed by atoms with Crippen molar-refractivity contribution in [2.24, 2.45) is 0 Å². The third-order valence-corrected chi connectivity index (χ3v) is 3.55. The van der Waals surface area contributed by atoms with Crippen molar-refractivity contribution in [2.75, 3.05) is 0 Å². The van der Waals surface area contributed by atoms with Crippen LogP contribution in [0.2, 0.25) is 0 Å². The lowest BCUT2D eigenvalue weighted by molar-refractivity contribution is 0.210. The lowest BCUT2D eigenvalue weighted by Crippen LogP contribution is -2.03. The van der Waals surface area contributed by atoms with Gasteiger partial charge in [-0.15, -0.1) is 0 Å². The quantitative estimate of drug-likeness (QED) is 0.786. The molecule has 3 nitrogen and oxygen atoms in total. The minimum absolute atomic E-state index is 0.206. The molecule has 0 saturated heterocycles. The van der Waals surface area contributed by atoms with E-state index in [1.54, 1.807) is 28.8 Å². The Kier molecular flexibility index (Phi) is 3.08. The molecule has 0 spiro atoms. The second-order valence-electron chi connectivity index (χ2n) is 4.18. The summed E-state index contributed by atoms with van der Waals surface area (Å²) in [5, 5.41) is 10.3. The first-order valence-electron chi connectivity index (χ1n) is 5.72. The number of aromatic nitrogens is 2. The van der Waals surface area contributed by atoms with Crippen LogP contribution in [0.5, 0.6) is 0 Å². The summed E-state index contributed by atoms with van der Waals surface area (Å²) in [6, 6.07) is 10.4. The molecule has 0 bridgehead atoms. The Hall–Kier alpha value is -1.72. The molecule has 0 aliphatic heterocycles. The number of fused-ring (bicyclic) bond motifs is 1. The molecule has 1 atom stereocenters. The number of imidazole rings is 1. The molecular formula is C14H10BrFN2O. The van der Waals surface area contributed by atoms with E-state index in [9.17, 15) is 9.50 Å². The molecule has 0 aliphatic rings. The maximum Gasteiger partial charge on any atom is 0.143 e. The average molecular weight is 321 g/mol. The van der Waals surface area contributed by atoms with Crippen LogP contribution in [0.15, 0.2) is 53.3 Å².